The molecule has 0 radical (unpaired) electrons. The van der Waals surface area contributed by atoms with Crippen LogP contribution in [0.15, 0.2) is 11.8 Å². The summed E-state index contributed by atoms with van der Waals surface area (Å²) in [6, 6.07) is 0.346. The van der Waals surface area contributed by atoms with E-state index in [1.165, 1.54) is 0 Å². The summed E-state index contributed by atoms with van der Waals surface area (Å²) in [5.41, 5.74) is 0. The molecule has 0 aromatic rings. The molecule has 3 heteroatoms. The van der Waals surface area contributed by atoms with E-state index in [1.807, 2.05) is 6.92 Å². The minimum Gasteiger partial charge on any atom is -0.496 e. The molecule has 1 atom stereocenters. The third-order valence-corrected chi connectivity index (χ3v) is 2.47. The lowest BCUT2D eigenvalue weighted by molar-refractivity contribution is 0.128. The number of nitrogens with one attached hydrogen (secondary N) is 1. The van der Waals surface area contributed by atoms with Gasteiger partial charge in [-0.3, -0.25) is 0 Å². The van der Waals surface area contributed by atoms with Crippen molar-refractivity contribution in [3.05, 3.63) is 11.8 Å². The van der Waals surface area contributed by atoms with Crippen molar-refractivity contribution in [3.63, 3.8) is 0 Å². The van der Waals surface area contributed by atoms with E-state index in [-0.39, 0.29) is 0 Å². The molecule has 0 fully saturated rings. The van der Waals surface area contributed by atoms with Crippen molar-refractivity contribution in [2.75, 3.05) is 26.4 Å². The fraction of sp³-hybridized carbons (Fsp3) is 0.833. The minimum atomic E-state index is 0.346. The molecule has 0 amide bonds. The third-order valence-electron chi connectivity index (χ3n) is 2.47. The number of hydrogen-bond acceptors (Lipinski definition) is 3. The van der Waals surface area contributed by atoms with Crippen LogP contribution in [0.4, 0.5) is 0 Å². The average molecular weight is 213 g/mol. The molecule has 1 N–H and O–H groups in total. The van der Waals surface area contributed by atoms with E-state index in [9.17, 15) is 0 Å². The Balaban J connectivity index is 2.30. The maximum absolute atomic E-state index is 5.59. The number of hydrogen-bond donors (Lipinski definition) is 1. The third kappa shape index (κ3) is 4.67. The van der Waals surface area contributed by atoms with Crippen LogP contribution < -0.4 is 5.32 Å². The van der Waals surface area contributed by atoms with Crippen LogP contribution >= 0.6 is 0 Å². The SMILES string of the molecule is CCCNC(CCOCC)C1=CCCO1. The molecule has 1 unspecified atom stereocenters. The molecular weight excluding hydrogens is 190 g/mol. The van der Waals surface area contributed by atoms with Crippen LogP contribution in [0.5, 0.6) is 0 Å². The lowest BCUT2D eigenvalue weighted by Crippen LogP contribution is -2.33. The van der Waals surface area contributed by atoms with Gasteiger partial charge in [-0.05, 0) is 32.4 Å². The predicted molar refractivity (Wildman–Crippen MR) is 61.8 cm³/mol. The largest absolute Gasteiger partial charge is 0.496 e. The highest BCUT2D eigenvalue weighted by atomic mass is 16.5. The zero-order valence-corrected chi connectivity index (χ0v) is 9.92. The Bertz CT molecular complexity index is 192. The van der Waals surface area contributed by atoms with Gasteiger partial charge in [-0.25, -0.2) is 0 Å². The van der Waals surface area contributed by atoms with Crippen LogP contribution in [0.2, 0.25) is 0 Å². The standard InChI is InChI=1S/C12H23NO2/c1-3-8-13-11(7-10-14-4-2)12-6-5-9-15-12/h6,11,13H,3-5,7-10H2,1-2H3. The molecule has 3 nitrogen and oxygen atoms in total. The van der Waals surface area contributed by atoms with Crippen molar-refractivity contribution >= 4 is 0 Å². The van der Waals surface area contributed by atoms with E-state index in [2.05, 4.69) is 18.3 Å². The predicted octanol–water partition coefficient (Wildman–Crippen LogP) is 2.09. The lowest BCUT2D eigenvalue weighted by Gasteiger charge is -2.19. The summed E-state index contributed by atoms with van der Waals surface area (Å²) in [6.07, 6.45) is 5.39. The van der Waals surface area contributed by atoms with Gasteiger partial charge in [0.25, 0.3) is 0 Å². The van der Waals surface area contributed by atoms with Gasteiger partial charge in [0.05, 0.1) is 12.6 Å². The van der Waals surface area contributed by atoms with E-state index in [0.29, 0.717) is 6.04 Å². The van der Waals surface area contributed by atoms with Crippen molar-refractivity contribution in [2.45, 2.75) is 39.2 Å². The quantitative estimate of drug-likeness (QED) is 0.626. The fourth-order valence-electron chi connectivity index (χ4n) is 1.69. The van der Waals surface area contributed by atoms with Crippen LogP contribution in [-0.4, -0.2) is 32.4 Å². The summed E-state index contributed by atoms with van der Waals surface area (Å²) in [6.45, 7) is 7.68. The second kappa shape index (κ2) is 7.71. The zero-order valence-electron chi connectivity index (χ0n) is 9.92. The molecule has 0 saturated carbocycles. The van der Waals surface area contributed by atoms with E-state index in [1.54, 1.807) is 0 Å². The van der Waals surface area contributed by atoms with Crippen LogP contribution in [0.25, 0.3) is 0 Å². The summed E-state index contributed by atoms with van der Waals surface area (Å²) >= 11 is 0. The molecule has 0 spiro atoms. The second-order valence-electron chi connectivity index (χ2n) is 3.74. The smallest absolute Gasteiger partial charge is 0.109 e. The maximum Gasteiger partial charge on any atom is 0.109 e. The first-order valence-corrected chi connectivity index (χ1v) is 6.02. The fourth-order valence-corrected chi connectivity index (χ4v) is 1.69. The second-order valence-corrected chi connectivity index (χ2v) is 3.74. The number of ether oxygens (including phenoxy) is 2. The highest BCUT2D eigenvalue weighted by Crippen LogP contribution is 2.15. The lowest BCUT2D eigenvalue weighted by atomic mass is 10.1. The highest BCUT2D eigenvalue weighted by molar-refractivity contribution is 5.06. The Morgan fingerprint density at radius 1 is 1.53 bits per heavy atom. The maximum atomic E-state index is 5.59. The van der Waals surface area contributed by atoms with Crippen molar-refractivity contribution < 1.29 is 9.47 Å². The average Bonchev–Trinajstić information content (AvgIpc) is 2.76. The van der Waals surface area contributed by atoms with Gasteiger partial charge >= 0.3 is 0 Å². The van der Waals surface area contributed by atoms with Gasteiger partial charge in [0, 0.05) is 19.6 Å². The molecule has 0 aromatic heterocycles. The molecule has 88 valence electrons. The van der Waals surface area contributed by atoms with Crippen LogP contribution in [0.1, 0.15) is 33.1 Å². The Morgan fingerprint density at radius 3 is 3.00 bits per heavy atom. The first-order valence-electron chi connectivity index (χ1n) is 6.02. The zero-order chi connectivity index (χ0) is 10.9. The summed E-state index contributed by atoms with van der Waals surface area (Å²) in [4.78, 5) is 0. The first-order chi connectivity index (χ1) is 7.38. The van der Waals surface area contributed by atoms with Crippen molar-refractivity contribution in [1.29, 1.82) is 0 Å². The molecule has 1 rings (SSSR count). The topological polar surface area (TPSA) is 30.5 Å². The first kappa shape index (κ1) is 12.5. The minimum absolute atomic E-state index is 0.346. The van der Waals surface area contributed by atoms with E-state index in [4.69, 9.17) is 9.47 Å². The summed E-state index contributed by atoms with van der Waals surface area (Å²) < 4.78 is 11.0. The van der Waals surface area contributed by atoms with E-state index < -0.39 is 0 Å². The molecule has 1 aliphatic heterocycles. The van der Waals surface area contributed by atoms with Gasteiger partial charge < -0.3 is 14.8 Å². The summed E-state index contributed by atoms with van der Waals surface area (Å²) in [7, 11) is 0. The highest BCUT2D eigenvalue weighted by Gasteiger charge is 2.17. The monoisotopic (exact) mass is 213 g/mol. The van der Waals surface area contributed by atoms with Gasteiger partial charge in [-0.2, -0.15) is 0 Å². The molecular formula is C12H23NO2. The van der Waals surface area contributed by atoms with Gasteiger partial charge in [-0.15, -0.1) is 0 Å². The van der Waals surface area contributed by atoms with Gasteiger partial charge in [-0.1, -0.05) is 6.92 Å². The van der Waals surface area contributed by atoms with Gasteiger partial charge in [0.2, 0.25) is 0 Å². The Kier molecular flexibility index (Phi) is 6.44. The van der Waals surface area contributed by atoms with Crippen LogP contribution in [-0.2, 0) is 9.47 Å². The van der Waals surface area contributed by atoms with Gasteiger partial charge in [0.1, 0.15) is 5.76 Å². The summed E-state index contributed by atoms with van der Waals surface area (Å²) in [5, 5.41) is 3.50. The van der Waals surface area contributed by atoms with Gasteiger partial charge in [0.15, 0.2) is 0 Å². The molecule has 1 aliphatic rings. The Morgan fingerprint density at radius 2 is 2.40 bits per heavy atom. The van der Waals surface area contributed by atoms with E-state index in [0.717, 1.165) is 51.4 Å². The van der Waals surface area contributed by atoms with Crippen molar-refractivity contribution in [2.24, 2.45) is 0 Å². The summed E-state index contributed by atoms with van der Waals surface area (Å²) in [5.74, 6) is 1.11. The molecule has 0 aliphatic carbocycles. The van der Waals surface area contributed by atoms with Crippen LogP contribution in [0, 0.1) is 0 Å². The molecule has 15 heavy (non-hydrogen) atoms. The molecule has 0 saturated heterocycles. The normalized spacial score (nSPS) is 17.3. The molecule has 1 heterocycles. The Labute approximate surface area is 92.8 Å². The van der Waals surface area contributed by atoms with E-state index >= 15 is 0 Å². The van der Waals surface area contributed by atoms with Crippen LogP contribution in [0.3, 0.4) is 0 Å². The Hall–Kier alpha value is -0.540. The molecule has 0 aromatic carbocycles. The van der Waals surface area contributed by atoms with Crippen molar-refractivity contribution in [1.82, 2.24) is 5.32 Å². The van der Waals surface area contributed by atoms with Crippen molar-refractivity contribution in [3.8, 4) is 0 Å². The number of rotatable bonds is 8. The molecule has 0 bridgehead atoms.